The molecule has 1 atom stereocenters. The van der Waals surface area contributed by atoms with Gasteiger partial charge in [-0.25, -0.2) is 0 Å². The SMILES string of the molecule is Cc1ccc(N)c(C(=O)N2CC(C)OC(C)(C)C2)c1. The van der Waals surface area contributed by atoms with Crippen LogP contribution in [0.2, 0.25) is 0 Å². The summed E-state index contributed by atoms with van der Waals surface area (Å²) in [4.78, 5) is 14.4. The quantitative estimate of drug-likeness (QED) is 0.789. The van der Waals surface area contributed by atoms with Gasteiger partial charge in [-0.15, -0.1) is 0 Å². The van der Waals surface area contributed by atoms with Crippen molar-refractivity contribution in [3.05, 3.63) is 29.3 Å². The van der Waals surface area contributed by atoms with Crippen molar-refractivity contribution in [1.29, 1.82) is 0 Å². The maximum Gasteiger partial charge on any atom is 0.256 e. The summed E-state index contributed by atoms with van der Waals surface area (Å²) in [6.07, 6.45) is 0.0405. The smallest absolute Gasteiger partial charge is 0.256 e. The molecule has 2 N–H and O–H groups in total. The van der Waals surface area contributed by atoms with Gasteiger partial charge in [-0.1, -0.05) is 11.6 Å². The first-order chi connectivity index (χ1) is 8.78. The van der Waals surface area contributed by atoms with Gasteiger partial charge < -0.3 is 15.4 Å². The summed E-state index contributed by atoms with van der Waals surface area (Å²) in [5, 5.41) is 0. The molecule has 0 spiro atoms. The molecule has 1 fully saturated rings. The Kier molecular flexibility index (Phi) is 3.54. The molecule has 4 heteroatoms. The number of nitrogens with zero attached hydrogens (tertiary/aromatic N) is 1. The van der Waals surface area contributed by atoms with E-state index in [9.17, 15) is 4.79 Å². The predicted octanol–water partition coefficient (Wildman–Crippen LogP) is 2.22. The van der Waals surface area contributed by atoms with Crippen LogP contribution in [-0.4, -0.2) is 35.6 Å². The number of hydrogen-bond donors (Lipinski definition) is 1. The standard InChI is InChI=1S/C15H22N2O2/c1-10-5-6-13(16)12(7-10)14(18)17-8-11(2)19-15(3,4)9-17/h5-7,11H,8-9,16H2,1-4H3. The lowest BCUT2D eigenvalue weighted by Gasteiger charge is -2.41. The average molecular weight is 262 g/mol. The van der Waals surface area contributed by atoms with Crippen molar-refractivity contribution in [3.8, 4) is 0 Å². The van der Waals surface area contributed by atoms with E-state index in [2.05, 4.69) is 0 Å². The minimum Gasteiger partial charge on any atom is -0.398 e. The van der Waals surface area contributed by atoms with Crippen molar-refractivity contribution >= 4 is 11.6 Å². The van der Waals surface area contributed by atoms with Crippen molar-refractivity contribution in [2.75, 3.05) is 18.8 Å². The highest BCUT2D eigenvalue weighted by Gasteiger charge is 2.34. The third-order valence-electron chi connectivity index (χ3n) is 3.30. The molecule has 104 valence electrons. The average Bonchev–Trinajstić information content (AvgIpc) is 2.29. The van der Waals surface area contributed by atoms with Gasteiger partial charge in [-0.2, -0.15) is 0 Å². The molecule has 1 aromatic rings. The number of carbonyl (C=O) groups is 1. The van der Waals surface area contributed by atoms with Crippen LogP contribution in [0.25, 0.3) is 0 Å². The zero-order valence-electron chi connectivity index (χ0n) is 12.1. The fraction of sp³-hybridized carbons (Fsp3) is 0.533. The fourth-order valence-corrected chi connectivity index (χ4v) is 2.63. The maximum atomic E-state index is 12.6. The summed E-state index contributed by atoms with van der Waals surface area (Å²) in [7, 11) is 0. The molecule has 0 bridgehead atoms. The van der Waals surface area contributed by atoms with E-state index in [0.29, 0.717) is 24.3 Å². The predicted molar refractivity (Wildman–Crippen MR) is 76.1 cm³/mol. The summed E-state index contributed by atoms with van der Waals surface area (Å²) < 4.78 is 5.82. The van der Waals surface area contributed by atoms with Crippen LogP contribution in [0.15, 0.2) is 18.2 Å². The van der Waals surface area contributed by atoms with Gasteiger partial charge in [0.15, 0.2) is 0 Å². The number of morpholine rings is 1. The lowest BCUT2D eigenvalue weighted by atomic mass is 10.0. The molecule has 1 amide bonds. The summed E-state index contributed by atoms with van der Waals surface area (Å²) in [6, 6.07) is 5.56. The van der Waals surface area contributed by atoms with E-state index >= 15 is 0 Å². The molecule has 4 nitrogen and oxygen atoms in total. The first-order valence-electron chi connectivity index (χ1n) is 6.62. The Morgan fingerprint density at radius 3 is 2.79 bits per heavy atom. The Bertz CT molecular complexity index is 497. The summed E-state index contributed by atoms with van der Waals surface area (Å²) in [6.45, 7) is 9.15. The molecule has 1 aromatic carbocycles. The summed E-state index contributed by atoms with van der Waals surface area (Å²) in [5.74, 6) is -0.00979. The van der Waals surface area contributed by atoms with Gasteiger partial charge in [0.25, 0.3) is 5.91 Å². The van der Waals surface area contributed by atoms with Crippen molar-refractivity contribution in [2.24, 2.45) is 0 Å². The number of nitrogens with two attached hydrogens (primary N) is 1. The van der Waals surface area contributed by atoms with Crippen LogP contribution in [-0.2, 0) is 4.74 Å². The van der Waals surface area contributed by atoms with E-state index in [1.807, 2.05) is 44.7 Å². The van der Waals surface area contributed by atoms with Crippen LogP contribution in [0.3, 0.4) is 0 Å². The third-order valence-corrected chi connectivity index (χ3v) is 3.30. The number of amides is 1. The molecule has 2 rings (SSSR count). The molecule has 19 heavy (non-hydrogen) atoms. The van der Waals surface area contributed by atoms with Gasteiger partial charge in [0, 0.05) is 18.8 Å². The number of aryl methyl sites for hydroxylation is 1. The molecular formula is C15H22N2O2. The normalized spacial score (nSPS) is 22.3. The Labute approximate surface area is 114 Å². The topological polar surface area (TPSA) is 55.6 Å². The van der Waals surface area contributed by atoms with Gasteiger partial charge in [-0.3, -0.25) is 4.79 Å². The van der Waals surface area contributed by atoms with Crippen molar-refractivity contribution in [2.45, 2.75) is 39.4 Å². The van der Waals surface area contributed by atoms with Gasteiger partial charge in [0.2, 0.25) is 0 Å². The van der Waals surface area contributed by atoms with Crippen LogP contribution < -0.4 is 5.73 Å². The highest BCUT2D eigenvalue weighted by atomic mass is 16.5. The van der Waals surface area contributed by atoms with Crippen LogP contribution in [0, 0.1) is 6.92 Å². The monoisotopic (exact) mass is 262 g/mol. The number of nitrogen functional groups attached to an aromatic ring is 1. The maximum absolute atomic E-state index is 12.6. The molecular weight excluding hydrogens is 240 g/mol. The molecule has 1 aliphatic heterocycles. The second-order valence-electron chi connectivity index (χ2n) is 5.96. The van der Waals surface area contributed by atoms with Gasteiger partial charge in [0.1, 0.15) is 0 Å². The number of benzene rings is 1. The summed E-state index contributed by atoms with van der Waals surface area (Å²) >= 11 is 0. The largest absolute Gasteiger partial charge is 0.398 e. The second-order valence-corrected chi connectivity index (χ2v) is 5.96. The van der Waals surface area contributed by atoms with E-state index in [-0.39, 0.29) is 17.6 Å². The number of hydrogen-bond acceptors (Lipinski definition) is 3. The first kappa shape index (κ1) is 13.9. The fourth-order valence-electron chi connectivity index (χ4n) is 2.63. The molecule has 0 radical (unpaired) electrons. The molecule has 0 aliphatic carbocycles. The number of carbonyl (C=O) groups excluding carboxylic acids is 1. The molecule has 0 aromatic heterocycles. The number of ether oxygens (including phenoxy) is 1. The van der Waals surface area contributed by atoms with Gasteiger partial charge in [-0.05, 0) is 39.8 Å². The second kappa shape index (κ2) is 4.85. The van der Waals surface area contributed by atoms with Crippen molar-refractivity contribution < 1.29 is 9.53 Å². The Hall–Kier alpha value is -1.55. The van der Waals surface area contributed by atoms with Crippen LogP contribution in [0.4, 0.5) is 5.69 Å². The molecule has 1 heterocycles. The van der Waals surface area contributed by atoms with E-state index in [1.165, 1.54) is 0 Å². The van der Waals surface area contributed by atoms with Crippen molar-refractivity contribution in [3.63, 3.8) is 0 Å². The number of rotatable bonds is 1. The third kappa shape index (κ3) is 3.07. The lowest BCUT2D eigenvalue weighted by molar-refractivity contribution is -0.118. The van der Waals surface area contributed by atoms with E-state index < -0.39 is 0 Å². The Morgan fingerprint density at radius 1 is 1.47 bits per heavy atom. The van der Waals surface area contributed by atoms with E-state index in [1.54, 1.807) is 6.07 Å². The highest BCUT2D eigenvalue weighted by molar-refractivity contribution is 5.99. The molecule has 0 saturated carbocycles. The first-order valence-corrected chi connectivity index (χ1v) is 6.62. The minimum atomic E-state index is -0.314. The van der Waals surface area contributed by atoms with Gasteiger partial charge in [0.05, 0.1) is 17.3 Å². The highest BCUT2D eigenvalue weighted by Crippen LogP contribution is 2.24. The lowest BCUT2D eigenvalue weighted by Crippen LogP contribution is -2.53. The van der Waals surface area contributed by atoms with Crippen LogP contribution in [0.1, 0.15) is 36.7 Å². The zero-order chi connectivity index (χ0) is 14.2. The van der Waals surface area contributed by atoms with Crippen LogP contribution >= 0.6 is 0 Å². The molecule has 1 unspecified atom stereocenters. The Balaban J connectivity index is 2.26. The zero-order valence-corrected chi connectivity index (χ0v) is 12.1. The van der Waals surface area contributed by atoms with Crippen LogP contribution in [0.5, 0.6) is 0 Å². The minimum absolute atomic E-state index is 0.00979. The Morgan fingerprint density at radius 2 is 2.16 bits per heavy atom. The van der Waals surface area contributed by atoms with Crippen molar-refractivity contribution in [1.82, 2.24) is 4.90 Å². The van der Waals surface area contributed by atoms with Gasteiger partial charge >= 0.3 is 0 Å². The summed E-state index contributed by atoms with van der Waals surface area (Å²) in [5.41, 5.74) is 7.77. The molecule has 1 saturated heterocycles. The van der Waals surface area contributed by atoms with E-state index in [0.717, 1.165) is 5.56 Å². The number of anilines is 1. The molecule has 1 aliphatic rings. The van der Waals surface area contributed by atoms with E-state index in [4.69, 9.17) is 10.5 Å².